The van der Waals surface area contributed by atoms with E-state index in [9.17, 15) is 8.42 Å². The SMILES string of the molecule is CC1CCN(S(=O)(=O)NCCCOCCBr)CC1. The van der Waals surface area contributed by atoms with Gasteiger partial charge in [0.1, 0.15) is 0 Å². The number of ether oxygens (including phenoxy) is 1. The van der Waals surface area contributed by atoms with E-state index < -0.39 is 10.2 Å². The summed E-state index contributed by atoms with van der Waals surface area (Å²) < 4.78 is 33.3. The Morgan fingerprint density at radius 1 is 1.33 bits per heavy atom. The molecular formula is C11H23BrN2O3S. The highest BCUT2D eigenvalue weighted by Crippen LogP contribution is 2.17. The van der Waals surface area contributed by atoms with E-state index in [4.69, 9.17) is 4.74 Å². The monoisotopic (exact) mass is 342 g/mol. The Kier molecular flexibility index (Phi) is 7.70. The van der Waals surface area contributed by atoms with Gasteiger partial charge in [-0.3, -0.25) is 0 Å². The zero-order chi connectivity index (χ0) is 13.4. The van der Waals surface area contributed by atoms with Gasteiger partial charge >= 0.3 is 0 Å². The van der Waals surface area contributed by atoms with Crippen molar-refractivity contribution < 1.29 is 13.2 Å². The molecule has 1 saturated heterocycles. The van der Waals surface area contributed by atoms with Crippen LogP contribution >= 0.6 is 15.9 Å². The minimum atomic E-state index is -3.28. The molecule has 18 heavy (non-hydrogen) atoms. The smallest absolute Gasteiger partial charge is 0.279 e. The first kappa shape index (κ1) is 16.4. The molecule has 1 aliphatic heterocycles. The molecular weight excluding hydrogens is 320 g/mol. The zero-order valence-corrected chi connectivity index (χ0v) is 13.3. The van der Waals surface area contributed by atoms with E-state index in [0.29, 0.717) is 45.2 Å². The fourth-order valence-electron chi connectivity index (χ4n) is 1.85. The highest BCUT2D eigenvalue weighted by molar-refractivity contribution is 9.09. The summed E-state index contributed by atoms with van der Waals surface area (Å²) in [4.78, 5) is 0. The summed E-state index contributed by atoms with van der Waals surface area (Å²) in [6.07, 6.45) is 2.61. The minimum Gasteiger partial charge on any atom is -0.381 e. The molecule has 0 bridgehead atoms. The molecule has 1 N–H and O–H groups in total. The van der Waals surface area contributed by atoms with Gasteiger partial charge in [0.2, 0.25) is 0 Å². The Morgan fingerprint density at radius 2 is 2.00 bits per heavy atom. The third kappa shape index (κ3) is 5.97. The quantitative estimate of drug-likeness (QED) is 0.535. The van der Waals surface area contributed by atoms with Crippen LogP contribution in [0.3, 0.4) is 0 Å². The Bertz CT molecular complexity index is 316. The van der Waals surface area contributed by atoms with Crippen molar-refractivity contribution >= 4 is 26.1 Å². The topological polar surface area (TPSA) is 58.6 Å². The molecule has 7 heteroatoms. The Morgan fingerprint density at radius 3 is 2.61 bits per heavy atom. The average molecular weight is 343 g/mol. The van der Waals surface area contributed by atoms with Gasteiger partial charge in [0, 0.05) is 31.6 Å². The summed E-state index contributed by atoms with van der Waals surface area (Å²) >= 11 is 3.26. The average Bonchev–Trinajstić information content (AvgIpc) is 2.34. The van der Waals surface area contributed by atoms with Crippen molar-refractivity contribution in [3.63, 3.8) is 0 Å². The fraction of sp³-hybridized carbons (Fsp3) is 1.00. The van der Waals surface area contributed by atoms with Gasteiger partial charge < -0.3 is 4.74 Å². The molecule has 0 aromatic heterocycles. The van der Waals surface area contributed by atoms with Crippen LogP contribution in [0.5, 0.6) is 0 Å². The Labute approximate surface area is 119 Å². The summed E-state index contributed by atoms with van der Waals surface area (Å²) in [5.41, 5.74) is 0. The minimum absolute atomic E-state index is 0.441. The van der Waals surface area contributed by atoms with Crippen LogP contribution in [0.25, 0.3) is 0 Å². The summed E-state index contributed by atoms with van der Waals surface area (Å²) in [6.45, 7) is 5.13. The summed E-state index contributed by atoms with van der Waals surface area (Å²) in [5.74, 6) is 0.633. The lowest BCUT2D eigenvalue weighted by Gasteiger charge is -2.29. The molecule has 108 valence electrons. The van der Waals surface area contributed by atoms with Crippen molar-refractivity contribution in [2.45, 2.75) is 26.2 Å². The second kappa shape index (κ2) is 8.47. The molecule has 1 fully saturated rings. The molecule has 0 amide bonds. The first-order chi connectivity index (χ1) is 8.56. The molecule has 0 saturated carbocycles. The molecule has 1 rings (SSSR count). The molecule has 0 aromatic rings. The van der Waals surface area contributed by atoms with E-state index in [1.165, 1.54) is 0 Å². The second-order valence-corrected chi connectivity index (χ2v) is 7.18. The lowest BCUT2D eigenvalue weighted by atomic mass is 10.0. The molecule has 1 aliphatic rings. The molecule has 0 spiro atoms. The number of rotatable bonds is 8. The first-order valence-corrected chi connectivity index (χ1v) is 9.01. The van der Waals surface area contributed by atoms with Crippen molar-refractivity contribution in [1.82, 2.24) is 9.03 Å². The van der Waals surface area contributed by atoms with Crippen LogP contribution < -0.4 is 4.72 Å². The van der Waals surface area contributed by atoms with Crippen LogP contribution in [0.2, 0.25) is 0 Å². The first-order valence-electron chi connectivity index (χ1n) is 6.44. The molecule has 0 aromatic carbocycles. The maximum absolute atomic E-state index is 11.9. The molecule has 0 aliphatic carbocycles. The van der Waals surface area contributed by atoms with E-state index in [2.05, 4.69) is 27.6 Å². The third-order valence-electron chi connectivity index (χ3n) is 3.05. The van der Waals surface area contributed by atoms with Crippen LogP contribution in [-0.2, 0) is 14.9 Å². The molecule has 5 nitrogen and oxygen atoms in total. The van der Waals surface area contributed by atoms with E-state index in [1.807, 2.05) is 0 Å². The number of hydrogen-bond donors (Lipinski definition) is 1. The van der Waals surface area contributed by atoms with E-state index in [-0.39, 0.29) is 0 Å². The molecule has 0 radical (unpaired) electrons. The Hall–Kier alpha value is 0.310. The lowest BCUT2D eigenvalue weighted by molar-refractivity contribution is 0.149. The van der Waals surface area contributed by atoms with E-state index in [1.54, 1.807) is 4.31 Å². The van der Waals surface area contributed by atoms with Gasteiger partial charge in [-0.1, -0.05) is 22.9 Å². The van der Waals surface area contributed by atoms with Gasteiger partial charge in [0.25, 0.3) is 10.2 Å². The lowest BCUT2D eigenvalue weighted by Crippen LogP contribution is -2.45. The van der Waals surface area contributed by atoms with Crippen molar-refractivity contribution in [2.24, 2.45) is 5.92 Å². The standard InChI is InChI=1S/C11H23BrN2O3S/c1-11-3-7-14(8-4-11)18(15,16)13-6-2-9-17-10-5-12/h11,13H,2-10H2,1H3. The highest BCUT2D eigenvalue weighted by Gasteiger charge is 2.25. The maximum atomic E-state index is 11.9. The van der Waals surface area contributed by atoms with Gasteiger partial charge in [-0.15, -0.1) is 0 Å². The summed E-state index contributed by atoms with van der Waals surface area (Å²) in [6, 6.07) is 0. The van der Waals surface area contributed by atoms with Crippen molar-refractivity contribution in [3.05, 3.63) is 0 Å². The van der Waals surface area contributed by atoms with Gasteiger partial charge in [-0.25, -0.2) is 4.72 Å². The van der Waals surface area contributed by atoms with Crippen LogP contribution in [0.4, 0.5) is 0 Å². The van der Waals surface area contributed by atoms with Crippen molar-refractivity contribution in [2.75, 3.05) is 38.2 Å². The second-order valence-electron chi connectivity index (χ2n) is 4.64. The molecule has 1 heterocycles. The number of halogens is 1. The number of piperidine rings is 1. The molecule has 0 atom stereocenters. The zero-order valence-electron chi connectivity index (χ0n) is 10.9. The van der Waals surface area contributed by atoms with E-state index in [0.717, 1.165) is 18.2 Å². The number of nitrogens with zero attached hydrogens (tertiary/aromatic N) is 1. The van der Waals surface area contributed by atoms with Crippen LogP contribution in [-0.4, -0.2) is 50.9 Å². The number of nitrogens with one attached hydrogen (secondary N) is 1. The third-order valence-corrected chi connectivity index (χ3v) is 4.99. The van der Waals surface area contributed by atoms with Crippen LogP contribution in [0.1, 0.15) is 26.2 Å². The van der Waals surface area contributed by atoms with Crippen molar-refractivity contribution in [3.8, 4) is 0 Å². The van der Waals surface area contributed by atoms with Gasteiger partial charge in [0.05, 0.1) is 6.61 Å². The van der Waals surface area contributed by atoms with Gasteiger partial charge in [-0.2, -0.15) is 12.7 Å². The number of alkyl halides is 1. The molecule has 0 unspecified atom stereocenters. The highest BCUT2D eigenvalue weighted by atomic mass is 79.9. The van der Waals surface area contributed by atoms with Crippen LogP contribution in [0.15, 0.2) is 0 Å². The Balaban J connectivity index is 2.19. The van der Waals surface area contributed by atoms with Crippen LogP contribution in [0, 0.1) is 5.92 Å². The number of hydrogen-bond acceptors (Lipinski definition) is 3. The summed E-state index contributed by atoms with van der Waals surface area (Å²) in [5, 5.41) is 0.810. The fourth-order valence-corrected chi connectivity index (χ4v) is 3.35. The van der Waals surface area contributed by atoms with Gasteiger partial charge in [0.15, 0.2) is 0 Å². The van der Waals surface area contributed by atoms with Gasteiger partial charge in [-0.05, 0) is 25.2 Å². The predicted molar refractivity (Wildman–Crippen MR) is 76.1 cm³/mol. The maximum Gasteiger partial charge on any atom is 0.279 e. The summed E-state index contributed by atoms with van der Waals surface area (Å²) in [7, 11) is -3.28. The largest absolute Gasteiger partial charge is 0.381 e. The normalized spacial score (nSPS) is 19.2. The van der Waals surface area contributed by atoms with E-state index >= 15 is 0 Å². The predicted octanol–water partition coefficient (Wildman–Crippen LogP) is 1.35. The van der Waals surface area contributed by atoms with Crippen molar-refractivity contribution in [1.29, 1.82) is 0 Å².